The molecule has 0 aromatic rings. The standard InChI is InChI=1S/C11H24O3/c1-3-4-5-6-8-11(2,13)14-10-7-9-12/h12-13H,3-10H2,1-2H3. The zero-order chi connectivity index (χ0) is 10.9. The topological polar surface area (TPSA) is 49.7 Å². The smallest absolute Gasteiger partial charge is 0.162 e. The Labute approximate surface area is 87.1 Å². The lowest BCUT2D eigenvalue weighted by Crippen LogP contribution is -2.28. The highest BCUT2D eigenvalue weighted by molar-refractivity contribution is 4.60. The quantitative estimate of drug-likeness (QED) is 0.446. The van der Waals surface area contributed by atoms with Gasteiger partial charge in [0.25, 0.3) is 0 Å². The minimum absolute atomic E-state index is 0.117. The van der Waals surface area contributed by atoms with E-state index in [0.29, 0.717) is 19.4 Å². The number of unbranched alkanes of at least 4 members (excludes halogenated alkanes) is 3. The fraction of sp³-hybridized carbons (Fsp3) is 1.00. The first-order valence-corrected chi connectivity index (χ1v) is 5.59. The lowest BCUT2D eigenvalue weighted by molar-refractivity contribution is -0.196. The summed E-state index contributed by atoms with van der Waals surface area (Å²) in [6.45, 7) is 4.40. The van der Waals surface area contributed by atoms with Gasteiger partial charge in [0.15, 0.2) is 5.79 Å². The summed E-state index contributed by atoms with van der Waals surface area (Å²) < 4.78 is 5.25. The average Bonchev–Trinajstić information content (AvgIpc) is 2.13. The van der Waals surface area contributed by atoms with Crippen LogP contribution in [0.25, 0.3) is 0 Å². The monoisotopic (exact) mass is 204 g/mol. The summed E-state index contributed by atoms with van der Waals surface area (Å²) >= 11 is 0. The van der Waals surface area contributed by atoms with Crippen molar-refractivity contribution in [1.82, 2.24) is 0 Å². The van der Waals surface area contributed by atoms with E-state index >= 15 is 0 Å². The first kappa shape index (κ1) is 13.9. The molecule has 3 heteroatoms. The molecule has 0 aromatic heterocycles. The van der Waals surface area contributed by atoms with Crippen LogP contribution in [0.5, 0.6) is 0 Å². The van der Waals surface area contributed by atoms with E-state index in [9.17, 15) is 5.11 Å². The third-order valence-electron chi connectivity index (χ3n) is 2.21. The molecule has 0 fully saturated rings. The molecule has 0 aliphatic rings. The Morgan fingerprint density at radius 1 is 1.14 bits per heavy atom. The van der Waals surface area contributed by atoms with Crippen molar-refractivity contribution in [3.05, 3.63) is 0 Å². The maximum absolute atomic E-state index is 9.74. The number of rotatable bonds is 9. The largest absolute Gasteiger partial charge is 0.396 e. The van der Waals surface area contributed by atoms with Gasteiger partial charge in [-0.1, -0.05) is 26.2 Å². The highest BCUT2D eigenvalue weighted by Crippen LogP contribution is 2.16. The molecule has 0 spiro atoms. The zero-order valence-electron chi connectivity index (χ0n) is 9.46. The predicted molar refractivity (Wildman–Crippen MR) is 57.0 cm³/mol. The van der Waals surface area contributed by atoms with Crippen molar-refractivity contribution in [2.24, 2.45) is 0 Å². The van der Waals surface area contributed by atoms with Gasteiger partial charge in [0, 0.05) is 13.0 Å². The van der Waals surface area contributed by atoms with Gasteiger partial charge < -0.3 is 14.9 Å². The normalized spacial score (nSPS) is 15.4. The van der Waals surface area contributed by atoms with Crippen LogP contribution >= 0.6 is 0 Å². The maximum atomic E-state index is 9.74. The van der Waals surface area contributed by atoms with E-state index in [1.807, 2.05) is 0 Å². The molecular formula is C11H24O3. The highest BCUT2D eigenvalue weighted by Gasteiger charge is 2.19. The van der Waals surface area contributed by atoms with Crippen LogP contribution in [0.1, 0.15) is 52.4 Å². The lowest BCUT2D eigenvalue weighted by atomic mass is 10.1. The van der Waals surface area contributed by atoms with Crippen molar-refractivity contribution in [1.29, 1.82) is 0 Å². The fourth-order valence-electron chi connectivity index (χ4n) is 1.31. The van der Waals surface area contributed by atoms with E-state index in [1.165, 1.54) is 12.8 Å². The van der Waals surface area contributed by atoms with Crippen LogP contribution in [-0.4, -0.2) is 29.2 Å². The molecule has 3 nitrogen and oxygen atoms in total. The Hall–Kier alpha value is -0.120. The van der Waals surface area contributed by atoms with Crippen molar-refractivity contribution >= 4 is 0 Å². The van der Waals surface area contributed by atoms with Gasteiger partial charge in [-0.3, -0.25) is 0 Å². The Balaban J connectivity index is 3.40. The Kier molecular flexibility index (Phi) is 8.14. The van der Waals surface area contributed by atoms with E-state index < -0.39 is 5.79 Å². The van der Waals surface area contributed by atoms with Crippen molar-refractivity contribution in [2.75, 3.05) is 13.2 Å². The van der Waals surface area contributed by atoms with Crippen molar-refractivity contribution < 1.29 is 14.9 Å². The summed E-state index contributed by atoms with van der Waals surface area (Å²) in [5, 5.41) is 18.3. The highest BCUT2D eigenvalue weighted by atomic mass is 16.6. The van der Waals surface area contributed by atoms with Crippen LogP contribution in [0.3, 0.4) is 0 Å². The number of ether oxygens (including phenoxy) is 1. The molecule has 0 heterocycles. The third-order valence-corrected chi connectivity index (χ3v) is 2.21. The summed E-state index contributed by atoms with van der Waals surface area (Å²) in [5.41, 5.74) is 0. The van der Waals surface area contributed by atoms with Gasteiger partial charge in [0.05, 0.1) is 6.61 Å². The first-order chi connectivity index (χ1) is 6.62. The molecule has 1 unspecified atom stereocenters. The predicted octanol–water partition coefficient (Wildman–Crippen LogP) is 2.06. The van der Waals surface area contributed by atoms with Gasteiger partial charge in [-0.15, -0.1) is 0 Å². The molecule has 0 radical (unpaired) electrons. The zero-order valence-corrected chi connectivity index (χ0v) is 9.46. The molecule has 0 amide bonds. The van der Waals surface area contributed by atoms with Crippen LogP contribution < -0.4 is 0 Å². The summed E-state index contributed by atoms with van der Waals surface area (Å²) in [7, 11) is 0. The average molecular weight is 204 g/mol. The summed E-state index contributed by atoms with van der Waals surface area (Å²) in [5.74, 6) is -1.01. The van der Waals surface area contributed by atoms with Gasteiger partial charge in [0.1, 0.15) is 0 Å². The van der Waals surface area contributed by atoms with Gasteiger partial charge >= 0.3 is 0 Å². The second kappa shape index (κ2) is 8.21. The molecule has 14 heavy (non-hydrogen) atoms. The van der Waals surface area contributed by atoms with Crippen LogP contribution in [0.4, 0.5) is 0 Å². The molecule has 1 atom stereocenters. The molecule has 0 bridgehead atoms. The molecule has 0 aliphatic heterocycles. The third kappa shape index (κ3) is 8.48. The van der Waals surface area contributed by atoms with Crippen molar-refractivity contribution in [3.8, 4) is 0 Å². The van der Waals surface area contributed by atoms with E-state index in [0.717, 1.165) is 12.8 Å². The second-order valence-corrected chi connectivity index (χ2v) is 3.91. The van der Waals surface area contributed by atoms with E-state index in [-0.39, 0.29) is 6.61 Å². The van der Waals surface area contributed by atoms with Gasteiger partial charge in [-0.2, -0.15) is 0 Å². The second-order valence-electron chi connectivity index (χ2n) is 3.91. The molecule has 0 rings (SSSR count). The molecule has 0 saturated heterocycles. The Morgan fingerprint density at radius 3 is 2.43 bits per heavy atom. The summed E-state index contributed by atoms with van der Waals surface area (Å²) in [4.78, 5) is 0. The fourth-order valence-corrected chi connectivity index (χ4v) is 1.31. The Morgan fingerprint density at radius 2 is 1.86 bits per heavy atom. The van der Waals surface area contributed by atoms with E-state index in [1.54, 1.807) is 6.92 Å². The Bertz CT molecular complexity index is 124. The number of aliphatic hydroxyl groups excluding tert-OH is 1. The van der Waals surface area contributed by atoms with Crippen molar-refractivity contribution in [3.63, 3.8) is 0 Å². The van der Waals surface area contributed by atoms with Crippen LogP contribution in [-0.2, 0) is 4.74 Å². The molecule has 0 aromatic carbocycles. The first-order valence-electron chi connectivity index (χ1n) is 5.59. The van der Waals surface area contributed by atoms with Crippen molar-refractivity contribution in [2.45, 2.75) is 58.2 Å². The van der Waals surface area contributed by atoms with Crippen LogP contribution in [0.15, 0.2) is 0 Å². The van der Waals surface area contributed by atoms with Crippen LogP contribution in [0, 0.1) is 0 Å². The molecule has 0 saturated carbocycles. The lowest BCUT2D eigenvalue weighted by Gasteiger charge is -2.23. The van der Waals surface area contributed by atoms with Gasteiger partial charge in [-0.25, -0.2) is 0 Å². The molecule has 2 N–H and O–H groups in total. The molecule has 0 aliphatic carbocycles. The van der Waals surface area contributed by atoms with Gasteiger partial charge in [-0.05, 0) is 19.8 Å². The van der Waals surface area contributed by atoms with Crippen LogP contribution in [0.2, 0.25) is 0 Å². The number of hydrogen-bond acceptors (Lipinski definition) is 3. The molecule has 86 valence electrons. The minimum atomic E-state index is -1.01. The number of aliphatic hydroxyl groups is 2. The summed E-state index contributed by atoms with van der Waals surface area (Å²) in [6, 6.07) is 0. The van der Waals surface area contributed by atoms with Gasteiger partial charge in [0.2, 0.25) is 0 Å². The van der Waals surface area contributed by atoms with E-state index in [2.05, 4.69) is 6.92 Å². The minimum Gasteiger partial charge on any atom is -0.396 e. The summed E-state index contributed by atoms with van der Waals surface area (Å²) in [6.07, 6.45) is 5.83. The molecular weight excluding hydrogens is 180 g/mol. The number of hydrogen-bond donors (Lipinski definition) is 2. The SMILES string of the molecule is CCCCCCC(C)(O)OCCCO. The van der Waals surface area contributed by atoms with E-state index in [4.69, 9.17) is 9.84 Å². The maximum Gasteiger partial charge on any atom is 0.162 e.